The predicted molar refractivity (Wildman–Crippen MR) is 131 cm³/mol. The first kappa shape index (κ1) is 20.7. The second kappa shape index (κ2) is 8.47. The Morgan fingerprint density at radius 2 is 1.76 bits per heavy atom. The zero-order valence-electron chi connectivity index (χ0n) is 19.3. The van der Waals surface area contributed by atoms with Crippen LogP contribution in [0.15, 0.2) is 34.9 Å². The molecule has 3 heterocycles. The molecule has 2 saturated heterocycles. The van der Waals surface area contributed by atoms with Crippen LogP contribution in [0.5, 0.6) is 0 Å². The lowest BCUT2D eigenvalue weighted by molar-refractivity contribution is 0.104. The number of nitrogens with zero attached hydrogens (tertiary/aromatic N) is 4. The third kappa shape index (κ3) is 3.60. The fourth-order valence-corrected chi connectivity index (χ4v) is 5.50. The molecule has 2 aliphatic heterocycles. The van der Waals surface area contributed by atoms with Crippen LogP contribution in [0.25, 0.3) is 22.2 Å². The molecule has 7 nitrogen and oxygen atoms in total. The van der Waals surface area contributed by atoms with Gasteiger partial charge in [-0.05, 0) is 39.0 Å². The van der Waals surface area contributed by atoms with Gasteiger partial charge in [0, 0.05) is 56.1 Å². The summed E-state index contributed by atoms with van der Waals surface area (Å²) in [5.74, 6) is 0.766. The van der Waals surface area contributed by atoms with E-state index in [9.17, 15) is 4.79 Å². The van der Waals surface area contributed by atoms with Crippen LogP contribution in [0.1, 0.15) is 35.2 Å². The Morgan fingerprint density at radius 3 is 2.55 bits per heavy atom. The summed E-state index contributed by atoms with van der Waals surface area (Å²) in [5, 5.41) is 8.99. The summed E-state index contributed by atoms with van der Waals surface area (Å²) in [5.41, 5.74) is 4.99. The van der Waals surface area contributed by atoms with Crippen molar-refractivity contribution in [2.45, 2.75) is 19.3 Å². The van der Waals surface area contributed by atoms with E-state index in [1.54, 1.807) is 0 Å². The van der Waals surface area contributed by atoms with Crippen molar-refractivity contribution in [3.8, 4) is 11.3 Å². The smallest absolute Gasteiger partial charge is 0.196 e. The van der Waals surface area contributed by atoms with Crippen molar-refractivity contribution in [2.75, 3.05) is 69.6 Å². The Morgan fingerprint density at radius 1 is 1.00 bits per heavy atom. The van der Waals surface area contributed by atoms with Crippen LogP contribution in [0.4, 0.5) is 11.4 Å². The number of ketones is 1. The molecule has 0 unspecified atom stereocenters. The zero-order valence-corrected chi connectivity index (χ0v) is 19.3. The topological polar surface area (TPSA) is 64.8 Å². The van der Waals surface area contributed by atoms with Crippen LogP contribution >= 0.6 is 0 Å². The molecule has 172 valence electrons. The molecule has 3 aromatic rings. The number of anilines is 2. The Hall–Kier alpha value is -2.90. The number of nitrogens with one attached hydrogen (secondary N) is 1. The number of carbonyl (C=O) groups is 1. The first-order chi connectivity index (χ1) is 16.2. The first-order valence-corrected chi connectivity index (χ1v) is 12.2. The number of aromatic nitrogens is 1. The molecule has 1 aliphatic carbocycles. The van der Waals surface area contributed by atoms with Crippen molar-refractivity contribution in [3.63, 3.8) is 0 Å². The minimum Gasteiger partial charge on any atom is -0.383 e. The molecule has 7 heteroatoms. The molecule has 6 rings (SSSR count). The van der Waals surface area contributed by atoms with Crippen molar-refractivity contribution in [1.82, 2.24) is 15.0 Å². The third-order valence-electron chi connectivity index (χ3n) is 7.41. The molecular weight excluding hydrogens is 414 g/mol. The van der Waals surface area contributed by atoms with Gasteiger partial charge in [0.25, 0.3) is 0 Å². The minimum atomic E-state index is 0.0525. The summed E-state index contributed by atoms with van der Waals surface area (Å²) in [6.07, 6.45) is 3.90. The number of piperidine rings is 1. The Kier molecular flexibility index (Phi) is 5.31. The zero-order chi connectivity index (χ0) is 22.4. The monoisotopic (exact) mass is 445 g/mol. The maximum absolute atomic E-state index is 13.7. The summed E-state index contributed by atoms with van der Waals surface area (Å²) in [4.78, 5) is 20.9. The van der Waals surface area contributed by atoms with E-state index in [2.05, 4.69) is 38.3 Å². The SMILES string of the molecule is CN1CCN(c2cc(NCCN3CCCCC3)c3c4c(onc24)-c2ccccc2C3=O)CC1. The number of likely N-dealkylation sites (N-methyl/N-ethyl adjacent to an activating group) is 1. The highest BCUT2D eigenvalue weighted by Crippen LogP contribution is 2.45. The van der Waals surface area contributed by atoms with E-state index >= 15 is 0 Å². The lowest BCUT2D eigenvalue weighted by Gasteiger charge is -2.34. The van der Waals surface area contributed by atoms with Gasteiger partial charge < -0.3 is 24.5 Å². The molecule has 1 N–H and O–H groups in total. The fraction of sp³-hybridized carbons (Fsp3) is 0.462. The largest absolute Gasteiger partial charge is 0.383 e. The normalized spacial score (nSPS) is 19.2. The number of rotatable bonds is 5. The highest BCUT2D eigenvalue weighted by molar-refractivity contribution is 6.28. The van der Waals surface area contributed by atoms with E-state index in [4.69, 9.17) is 4.52 Å². The fourth-order valence-electron chi connectivity index (χ4n) is 5.50. The van der Waals surface area contributed by atoms with Crippen molar-refractivity contribution in [1.29, 1.82) is 0 Å². The standard InChI is InChI=1S/C26H31N5O2/c1-29-13-15-31(16-14-29)21-17-20(27-9-12-30-10-5-2-6-11-30)22-23-24(21)28-33-26(23)19-8-4-3-7-18(19)25(22)32/h3-4,7-8,17,27H,2,5-6,9-16H2,1H3. The Balaban J connectivity index is 1.42. The van der Waals surface area contributed by atoms with Gasteiger partial charge in [-0.2, -0.15) is 0 Å². The summed E-state index contributed by atoms with van der Waals surface area (Å²) in [6, 6.07) is 9.85. The second-order valence-electron chi connectivity index (χ2n) is 9.55. The van der Waals surface area contributed by atoms with Gasteiger partial charge in [-0.15, -0.1) is 0 Å². The molecule has 1 aromatic heterocycles. The van der Waals surface area contributed by atoms with E-state index < -0.39 is 0 Å². The second-order valence-corrected chi connectivity index (χ2v) is 9.55. The molecule has 0 radical (unpaired) electrons. The Bertz CT molecular complexity index is 1190. The molecule has 0 bridgehead atoms. The quantitative estimate of drug-likeness (QED) is 0.503. The van der Waals surface area contributed by atoms with E-state index in [0.717, 1.165) is 67.1 Å². The van der Waals surface area contributed by atoms with E-state index in [1.807, 2.05) is 24.3 Å². The van der Waals surface area contributed by atoms with Crippen LogP contribution in [-0.2, 0) is 0 Å². The molecule has 2 fully saturated rings. The van der Waals surface area contributed by atoms with Gasteiger partial charge in [0.1, 0.15) is 5.52 Å². The average Bonchev–Trinajstić information content (AvgIpc) is 3.29. The van der Waals surface area contributed by atoms with Crippen molar-refractivity contribution in [3.05, 3.63) is 41.5 Å². The molecule has 0 atom stereocenters. The number of hydrogen-bond donors (Lipinski definition) is 1. The van der Waals surface area contributed by atoms with Crippen LogP contribution < -0.4 is 10.2 Å². The maximum atomic E-state index is 13.7. The lowest BCUT2D eigenvalue weighted by Crippen LogP contribution is -2.44. The lowest BCUT2D eigenvalue weighted by atomic mass is 9.86. The van der Waals surface area contributed by atoms with Crippen LogP contribution in [0.2, 0.25) is 0 Å². The molecule has 0 amide bonds. The van der Waals surface area contributed by atoms with Gasteiger partial charge in [-0.1, -0.05) is 35.8 Å². The van der Waals surface area contributed by atoms with Crippen molar-refractivity contribution < 1.29 is 9.32 Å². The van der Waals surface area contributed by atoms with Crippen LogP contribution in [-0.4, -0.2) is 80.1 Å². The highest BCUT2D eigenvalue weighted by Gasteiger charge is 2.34. The summed E-state index contributed by atoms with van der Waals surface area (Å²) < 4.78 is 5.90. The molecule has 33 heavy (non-hydrogen) atoms. The summed E-state index contributed by atoms with van der Waals surface area (Å²) >= 11 is 0. The van der Waals surface area contributed by atoms with Gasteiger partial charge in [-0.25, -0.2) is 0 Å². The van der Waals surface area contributed by atoms with E-state index in [0.29, 0.717) is 16.9 Å². The number of piperazine rings is 1. The highest BCUT2D eigenvalue weighted by atomic mass is 16.5. The van der Waals surface area contributed by atoms with Crippen molar-refractivity contribution >= 4 is 28.1 Å². The van der Waals surface area contributed by atoms with Crippen LogP contribution in [0.3, 0.4) is 0 Å². The van der Waals surface area contributed by atoms with Gasteiger partial charge >= 0.3 is 0 Å². The molecule has 2 aromatic carbocycles. The summed E-state index contributed by atoms with van der Waals surface area (Å²) in [7, 11) is 2.16. The maximum Gasteiger partial charge on any atom is 0.196 e. The number of fused-ring (bicyclic) bond motifs is 2. The van der Waals surface area contributed by atoms with Gasteiger partial charge in [0.15, 0.2) is 11.5 Å². The van der Waals surface area contributed by atoms with Gasteiger partial charge in [0.2, 0.25) is 0 Å². The third-order valence-corrected chi connectivity index (χ3v) is 7.41. The van der Waals surface area contributed by atoms with Gasteiger partial charge in [-0.3, -0.25) is 4.79 Å². The number of likely N-dealkylation sites (tertiary alicyclic amines) is 1. The molecule has 0 spiro atoms. The average molecular weight is 446 g/mol. The Labute approximate surface area is 194 Å². The molecular formula is C26H31N5O2. The molecule has 0 saturated carbocycles. The first-order valence-electron chi connectivity index (χ1n) is 12.2. The number of carbonyl (C=O) groups excluding carboxylic acids is 1. The van der Waals surface area contributed by atoms with E-state index in [1.165, 1.54) is 32.4 Å². The van der Waals surface area contributed by atoms with Crippen LogP contribution in [0, 0.1) is 0 Å². The van der Waals surface area contributed by atoms with E-state index in [-0.39, 0.29) is 5.78 Å². The number of hydrogen-bond acceptors (Lipinski definition) is 7. The van der Waals surface area contributed by atoms with Crippen molar-refractivity contribution in [2.24, 2.45) is 0 Å². The minimum absolute atomic E-state index is 0.0525. The predicted octanol–water partition coefficient (Wildman–Crippen LogP) is 3.69. The summed E-state index contributed by atoms with van der Waals surface area (Å²) in [6.45, 7) is 8.03. The molecule has 3 aliphatic rings. The number of benzene rings is 2. The van der Waals surface area contributed by atoms with Gasteiger partial charge in [0.05, 0.1) is 16.6 Å².